The van der Waals surface area contributed by atoms with Crippen molar-refractivity contribution >= 4 is 11.3 Å². The Kier molecular flexibility index (Phi) is 6.00. The first-order valence-corrected chi connectivity index (χ1v) is 8.75. The Hall–Kier alpha value is -0.450. The second-order valence-corrected chi connectivity index (χ2v) is 7.42. The highest BCUT2D eigenvalue weighted by Gasteiger charge is 2.31. The predicted octanol–water partition coefficient (Wildman–Crippen LogP) is 3.44. The van der Waals surface area contributed by atoms with Gasteiger partial charge in [0, 0.05) is 24.5 Å². The Morgan fingerprint density at radius 1 is 1.30 bits per heavy atom. The van der Waals surface area contributed by atoms with Crippen LogP contribution in [0.3, 0.4) is 0 Å². The molecular formula is C16H29N3S. The Balaban J connectivity index is 1.97. The summed E-state index contributed by atoms with van der Waals surface area (Å²) in [6.07, 6.45) is 8.39. The molecule has 1 saturated carbocycles. The summed E-state index contributed by atoms with van der Waals surface area (Å²) in [6, 6.07) is 0. The minimum Gasteiger partial charge on any atom is -0.319 e. The van der Waals surface area contributed by atoms with Gasteiger partial charge in [0.1, 0.15) is 0 Å². The van der Waals surface area contributed by atoms with Gasteiger partial charge in [-0.05, 0) is 39.3 Å². The zero-order valence-corrected chi connectivity index (χ0v) is 14.1. The van der Waals surface area contributed by atoms with E-state index in [1.54, 1.807) is 11.3 Å². The standard InChI is InChI=1S/C16H29N3S/c1-14-15(20-13-18-14)10-19(3)12-16(11-17-2)8-6-4-5-7-9-16/h13,17H,4-12H2,1-3H3. The molecule has 1 aromatic rings. The number of hydrogen-bond donors (Lipinski definition) is 1. The van der Waals surface area contributed by atoms with Crippen molar-refractivity contribution in [1.29, 1.82) is 0 Å². The van der Waals surface area contributed by atoms with Gasteiger partial charge >= 0.3 is 0 Å². The van der Waals surface area contributed by atoms with Gasteiger partial charge in [-0.15, -0.1) is 11.3 Å². The van der Waals surface area contributed by atoms with Crippen molar-refractivity contribution in [2.45, 2.75) is 52.0 Å². The smallest absolute Gasteiger partial charge is 0.0798 e. The van der Waals surface area contributed by atoms with Crippen molar-refractivity contribution in [3.63, 3.8) is 0 Å². The molecule has 0 spiro atoms. The van der Waals surface area contributed by atoms with Gasteiger partial charge in [-0.25, -0.2) is 4.98 Å². The molecule has 2 rings (SSSR count). The number of rotatable bonds is 6. The van der Waals surface area contributed by atoms with Crippen molar-refractivity contribution in [2.24, 2.45) is 5.41 Å². The quantitative estimate of drug-likeness (QED) is 0.815. The van der Waals surface area contributed by atoms with Gasteiger partial charge in [0.25, 0.3) is 0 Å². The van der Waals surface area contributed by atoms with E-state index < -0.39 is 0 Å². The Morgan fingerprint density at radius 2 is 2.00 bits per heavy atom. The summed E-state index contributed by atoms with van der Waals surface area (Å²) in [7, 11) is 4.36. The van der Waals surface area contributed by atoms with E-state index >= 15 is 0 Å². The Morgan fingerprint density at radius 3 is 2.55 bits per heavy atom. The molecule has 0 radical (unpaired) electrons. The van der Waals surface area contributed by atoms with E-state index in [2.05, 4.69) is 36.2 Å². The molecule has 0 saturated heterocycles. The lowest BCUT2D eigenvalue weighted by molar-refractivity contribution is 0.145. The van der Waals surface area contributed by atoms with Crippen molar-refractivity contribution in [3.8, 4) is 0 Å². The molecule has 20 heavy (non-hydrogen) atoms. The third kappa shape index (κ3) is 4.27. The summed E-state index contributed by atoms with van der Waals surface area (Å²) in [5.41, 5.74) is 3.64. The van der Waals surface area contributed by atoms with Crippen LogP contribution in [0.1, 0.15) is 49.1 Å². The maximum absolute atomic E-state index is 4.36. The molecule has 0 aromatic carbocycles. The fourth-order valence-electron chi connectivity index (χ4n) is 3.60. The van der Waals surface area contributed by atoms with Gasteiger partial charge < -0.3 is 10.2 Å². The number of aryl methyl sites for hydroxylation is 1. The molecule has 114 valence electrons. The van der Waals surface area contributed by atoms with Crippen LogP contribution in [0.4, 0.5) is 0 Å². The molecule has 3 nitrogen and oxygen atoms in total. The van der Waals surface area contributed by atoms with E-state index in [0.717, 1.165) is 13.1 Å². The summed E-state index contributed by atoms with van der Waals surface area (Å²) in [5, 5.41) is 3.45. The summed E-state index contributed by atoms with van der Waals surface area (Å²) in [4.78, 5) is 8.29. The van der Waals surface area contributed by atoms with Crippen LogP contribution in [0.5, 0.6) is 0 Å². The van der Waals surface area contributed by atoms with Crippen LogP contribution in [0.25, 0.3) is 0 Å². The lowest BCUT2D eigenvalue weighted by Gasteiger charge is -2.36. The first kappa shape index (κ1) is 15.9. The Labute approximate surface area is 127 Å². The first-order valence-electron chi connectivity index (χ1n) is 7.87. The zero-order valence-electron chi connectivity index (χ0n) is 13.2. The van der Waals surface area contributed by atoms with Crippen molar-refractivity contribution in [2.75, 3.05) is 27.2 Å². The summed E-state index contributed by atoms with van der Waals surface area (Å²) < 4.78 is 0. The van der Waals surface area contributed by atoms with Crippen LogP contribution in [0, 0.1) is 12.3 Å². The monoisotopic (exact) mass is 295 g/mol. The molecular weight excluding hydrogens is 266 g/mol. The van der Waals surface area contributed by atoms with Gasteiger partial charge in [0.05, 0.1) is 11.2 Å². The average Bonchev–Trinajstić information content (AvgIpc) is 2.67. The van der Waals surface area contributed by atoms with Gasteiger partial charge in [0.2, 0.25) is 0 Å². The summed E-state index contributed by atoms with van der Waals surface area (Å²) >= 11 is 1.79. The normalized spacial score (nSPS) is 19.2. The molecule has 4 heteroatoms. The highest BCUT2D eigenvalue weighted by molar-refractivity contribution is 7.09. The second kappa shape index (κ2) is 7.53. The highest BCUT2D eigenvalue weighted by Crippen LogP contribution is 2.35. The molecule has 1 aliphatic carbocycles. The van der Waals surface area contributed by atoms with E-state index in [1.165, 1.54) is 55.6 Å². The molecule has 0 atom stereocenters. The van der Waals surface area contributed by atoms with E-state index in [0.29, 0.717) is 5.41 Å². The van der Waals surface area contributed by atoms with E-state index in [9.17, 15) is 0 Å². The lowest BCUT2D eigenvalue weighted by Crippen LogP contribution is -2.41. The second-order valence-electron chi connectivity index (χ2n) is 6.48. The van der Waals surface area contributed by atoms with E-state index in [-0.39, 0.29) is 0 Å². The molecule has 1 heterocycles. The molecule has 0 unspecified atom stereocenters. The fraction of sp³-hybridized carbons (Fsp3) is 0.812. The SMILES string of the molecule is CNCC1(CN(C)Cc2scnc2C)CCCCCC1. The molecule has 1 fully saturated rings. The van der Waals surface area contributed by atoms with Crippen LogP contribution < -0.4 is 5.32 Å². The van der Waals surface area contributed by atoms with Crippen LogP contribution in [-0.4, -0.2) is 37.1 Å². The minimum absolute atomic E-state index is 0.471. The van der Waals surface area contributed by atoms with Gasteiger partial charge in [-0.1, -0.05) is 25.7 Å². The molecule has 0 amide bonds. The molecule has 1 N–H and O–H groups in total. The summed E-state index contributed by atoms with van der Waals surface area (Å²) in [5.74, 6) is 0. The molecule has 0 bridgehead atoms. The number of hydrogen-bond acceptors (Lipinski definition) is 4. The van der Waals surface area contributed by atoms with Crippen LogP contribution >= 0.6 is 11.3 Å². The average molecular weight is 295 g/mol. The van der Waals surface area contributed by atoms with Crippen LogP contribution in [0.15, 0.2) is 5.51 Å². The zero-order chi connectivity index (χ0) is 14.4. The van der Waals surface area contributed by atoms with Crippen molar-refractivity contribution < 1.29 is 0 Å². The van der Waals surface area contributed by atoms with Crippen molar-refractivity contribution in [1.82, 2.24) is 15.2 Å². The van der Waals surface area contributed by atoms with E-state index in [1.807, 2.05) is 5.51 Å². The number of thiazole rings is 1. The van der Waals surface area contributed by atoms with E-state index in [4.69, 9.17) is 0 Å². The largest absolute Gasteiger partial charge is 0.319 e. The lowest BCUT2D eigenvalue weighted by atomic mass is 9.79. The molecule has 1 aromatic heterocycles. The number of nitrogens with one attached hydrogen (secondary N) is 1. The maximum Gasteiger partial charge on any atom is 0.0798 e. The number of nitrogens with zero attached hydrogens (tertiary/aromatic N) is 2. The molecule has 1 aliphatic rings. The topological polar surface area (TPSA) is 28.2 Å². The van der Waals surface area contributed by atoms with Crippen LogP contribution in [0.2, 0.25) is 0 Å². The van der Waals surface area contributed by atoms with Crippen molar-refractivity contribution in [3.05, 3.63) is 16.1 Å². The minimum atomic E-state index is 0.471. The Bertz CT molecular complexity index is 394. The third-order valence-corrected chi connectivity index (χ3v) is 5.50. The number of aromatic nitrogens is 1. The van der Waals surface area contributed by atoms with Crippen LogP contribution in [-0.2, 0) is 6.54 Å². The highest BCUT2D eigenvalue weighted by atomic mass is 32.1. The van der Waals surface area contributed by atoms with Gasteiger partial charge in [-0.3, -0.25) is 0 Å². The van der Waals surface area contributed by atoms with Gasteiger partial charge in [0.15, 0.2) is 0 Å². The molecule has 0 aliphatic heterocycles. The first-order chi connectivity index (χ1) is 9.65. The third-order valence-electron chi connectivity index (χ3n) is 4.58. The fourth-order valence-corrected chi connectivity index (χ4v) is 4.45. The predicted molar refractivity (Wildman–Crippen MR) is 87.2 cm³/mol. The van der Waals surface area contributed by atoms with Gasteiger partial charge in [-0.2, -0.15) is 0 Å². The maximum atomic E-state index is 4.36. The summed E-state index contributed by atoms with van der Waals surface area (Å²) in [6.45, 7) is 5.51.